The molecule has 4 nitrogen and oxygen atoms in total. The van der Waals surface area contributed by atoms with Crippen LogP contribution in [0, 0.1) is 0 Å². The highest BCUT2D eigenvalue weighted by Crippen LogP contribution is 2.65. The van der Waals surface area contributed by atoms with Gasteiger partial charge in [-0.1, -0.05) is 12.1 Å². The van der Waals surface area contributed by atoms with Crippen LogP contribution < -0.4 is 0 Å². The fraction of sp³-hybridized carbons (Fsp3) is 0. The standard InChI is InChI=1S/C10H8O4S2/c11-9(12)16(10(13)14)6-2-4-8(16)7-3-1-5-15-7/h1-6H,(H,11,12)(H,13,14). The van der Waals surface area contributed by atoms with Crippen LogP contribution in [0.3, 0.4) is 0 Å². The topological polar surface area (TPSA) is 74.6 Å². The molecule has 2 heterocycles. The van der Waals surface area contributed by atoms with Crippen LogP contribution in [-0.2, 0) is 0 Å². The second-order valence-corrected chi connectivity index (χ2v) is 6.71. The lowest BCUT2D eigenvalue weighted by atomic mass is 10.4. The fourth-order valence-corrected chi connectivity index (χ4v) is 4.55. The van der Waals surface area contributed by atoms with E-state index in [0.717, 1.165) is 0 Å². The first kappa shape index (κ1) is 11.0. The molecule has 0 aliphatic carbocycles. The van der Waals surface area contributed by atoms with Gasteiger partial charge in [0.15, 0.2) is 0 Å². The summed E-state index contributed by atoms with van der Waals surface area (Å²) >= 11 is 1.34. The molecule has 0 saturated heterocycles. The van der Waals surface area contributed by atoms with Gasteiger partial charge in [-0.2, -0.15) is 0 Å². The van der Waals surface area contributed by atoms with E-state index in [0.29, 0.717) is 9.78 Å². The zero-order valence-corrected chi connectivity index (χ0v) is 9.62. The zero-order valence-electron chi connectivity index (χ0n) is 7.99. The van der Waals surface area contributed by atoms with Gasteiger partial charge in [-0.15, -0.1) is 11.3 Å². The Morgan fingerprint density at radius 3 is 2.44 bits per heavy atom. The van der Waals surface area contributed by atoms with E-state index in [1.54, 1.807) is 23.6 Å². The number of carbonyl (C=O) groups is 2. The summed E-state index contributed by atoms with van der Waals surface area (Å²) in [4.78, 5) is 23.6. The molecule has 0 unspecified atom stereocenters. The van der Waals surface area contributed by atoms with Gasteiger partial charge in [-0.05, 0) is 22.9 Å². The molecule has 0 amide bonds. The van der Waals surface area contributed by atoms with Crippen molar-refractivity contribution in [3.63, 3.8) is 0 Å². The van der Waals surface area contributed by atoms with Gasteiger partial charge in [0.25, 0.3) is 0 Å². The van der Waals surface area contributed by atoms with Crippen LogP contribution in [0.2, 0.25) is 0 Å². The minimum absolute atomic E-state index is 0.391. The Hall–Kier alpha value is -1.53. The average Bonchev–Trinajstić information content (AvgIpc) is 2.86. The molecule has 1 aromatic rings. The van der Waals surface area contributed by atoms with Crippen molar-refractivity contribution < 1.29 is 19.8 Å². The Labute approximate surface area is 96.8 Å². The molecular formula is C10H8O4S2. The van der Waals surface area contributed by atoms with Gasteiger partial charge >= 0.3 is 10.6 Å². The van der Waals surface area contributed by atoms with Gasteiger partial charge in [0.05, 0.1) is 0 Å². The van der Waals surface area contributed by atoms with Gasteiger partial charge in [0.2, 0.25) is 0 Å². The zero-order chi connectivity index (χ0) is 11.8. The van der Waals surface area contributed by atoms with Crippen molar-refractivity contribution in [1.82, 2.24) is 0 Å². The summed E-state index contributed by atoms with van der Waals surface area (Å²) in [6.45, 7) is 0. The lowest BCUT2D eigenvalue weighted by molar-refractivity contribution is 0.216. The largest absolute Gasteiger partial charge is 0.473 e. The van der Waals surface area contributed by atoms with Crippen LogP contribution in [0.1, 0.15) is 4.88 Å². The first-order valence-electron chi connectivity index (χ1n) is 4.30. The van der Waals surface area contributed by atoms with E-state index >= 15 is 0 Å². The Bertz CT molecular complexity index is 485. The molecule has 1 aliphatic heterocycles. The molecule has 0 bridgehead atoms. The van der Waals surface area contributed by atoms with Gasteiger partial charge in [0.1, 0.15) is 0 Å². The van der Waals surface area contributed by atoms with E-state index < -0.39 is 20.6 Å². The highest BCUT2D eigenvalue weighted by atomic mass is 32.3. The monoisotopic (exact) mass is 256 g/mol. The lowest BCUT2D eigenvalue weighted by Crippen LogP contribution is -2.15. The molecule has 16 heavy (non-hydrogen) atoms. The van der Waals surface area contributed by atoms with Gasteiger partial charge in [-0.25, -0.2) is 9.59 Å². The summed E-state index contributed by atoms with van der Waals surface area (Å²) in [6, 6.07) is 3.50. The van der Waals surface area contributed by atoms with Crippen LogP contribution in [0.4, 0.5) is 9.59 Å². The van der Waals surface area contributed by atoms with Gasteiger partial charge in [0, 0.05) is 19.8 Å². The van der Waals surface area contributed by atoms with E-state index in [1.165, 1.54) is 22.8 Å². The first-order chi connectivity index (χ1) is 7.59. The van der Waals surface area contributed by atoms with Crippen LogP contribution in [0.15, 0.2) is 35.1 Å². The maximum absolute atomic E-state index is 11.2. The van der Waals surface area contributed by atoms with Crippen LogP contribution >= 0.6 is 21.4 Å². The molecule has 2 rings (SSSR count). The summed E-state index contributed by atoms with van der Waals surface area (Å²) in [6.07, 6.45) is 3.08. The molecule has 84 valence electrons. The Morgan fingerprint density at radius 1 is 1.25 bits per heavy atom. The molecule has 0 radical (unpaired) electrons. The minimum atomic E-state index is -2.93. The number of thiophene rings is 1. The van der Waals surface area contributed by atoms with Crippen molar-refractivity contribution in [2.24, 2.45) is 0 Å². The summed E-state index contributed by atoms with van der Waals surface area (Å²) in [5.41, 5.74) is 0. The average molecular weight is 256 g/mol. The van der Waals surface area contributed by atoms with Crippen LogP contribution in [0.25, 0.3) is 4.91 Å². The predicted molar refractivity (Wildman–Crippen MR) is 65.1 cm³/mol. The predicted octanol–water partition coefficient (Wildman–Crippen LogP) is 3.78. The minimum Gasteiger partial charge on any atom is -0.473 e. The Morgan fingerprint density at radius 2 is 1.94 bits per heavy atom. The third-order valence-corrected chi connectivity index (χ3v) is 5.94. The number of allylic oxidation sites excluding steroid dienone is 2. The molecule has 1 aliphatic rings. The maximum Gasteiger partial charge on any atom is 0.364 e. The highest BCUT2D eigenvalue weighted by Gasteiger charge is 2.44. The lowest BCUT2D eigenvalue weighted by Gasteiger charge is -2.25. The third-order valence-electron chi connectivity index (χ3n) is 2.19. The summed E-state index contributed by atoms with van der Waals surface area (Å²) in [5, 5.41) is 18.9. The first-order valence-corrected chi connectivity index (χ1v) is 6.88. The van der Waals surface area contributed by atoms with Crippen molar-refractivity contribution >= 4 is 36.9 Å². The molecule has 0 saturated carbocycles. The molecule has 1 aromatic heterocycles. The van der Waals surface area contributed by atoms with Crippen molar-refractivity contribution in [1.29, 1.82) is 0 Å². The van der Waals surface area contributed by atoms with Gasteiger partial charge < -0.3 is 10.2 Å². The molecule has 0 atom stereocenters. The second-order valence-electron chi connectivity index (χ2n) is 3.03. The fourth-order valence-electron chi connectivity index (χ4n) is 1.46. The second kappa shape index (κ2) is 3.80. The van der Waals surface area contributed by atoms with Gasteiger partial charge in [-0.3, -0.25) is 0 Å². The van der Waals surface area contributed by atoms with E-state index in [4.69, 9.17) is 0 Å². The summed E-state index contributed by atoms with van der Waals surface area (Å²) in [5.74, 6) is 0. The SMILES string of the molecule is O=C(O)S1(C(=O)O)C=CC=C1c1cccs1. The van der Waals surface area contributed by atoms with Crippen molar-refractivity contribution in [3.05, 3.63) is 40.0 Å². The molecule has 0 aromatic carbocycles. The van der Waals surface area contributed by atoms with Crippen LogP contribution in [0.5, 0.6) is 0 Å². The highest BCUT2D eigenvalue weighted by molar-refractivity contribution is 8.63. The van der Waals surface area contributed by atoms with Crippen molar-refractivity contribution in [2.45, 2.75) is 0 Å². The van der Waals surface area contributed by atoms with Crippen LogP contribution in [-0.4, -0.2) is 20.8 Å². The molecular weight excluding hydrogens is 248 g/mol. The van der Waals surface area contributed by atoms with E-state index in [1.807, 2.05) is 0 Å². The summed E-state index contributed by atoms with van der Waals surface area (Å²) in [7, 11) is -2.93. The molecule has 2 N–H and O–H groups in total. The Kier molecular flexibility index (Phi) is 2.61. The van der Waals surface area contributed by atoms with E-state index in [2.05, 4.69) is 0 Å². The number of hydrogen-bond acceptors (Lipinski definition) is 3. The van der Waals surface area contributed by atoms with Crippen molar-refractivity contribution in [3.8, 4) is 0 Å². The maximum atomic E-state index is 11.2. The molecule has 6 heteroatoms. The van der Waals surface area contributed by atoms with E-state index in [-0.39, 0.29) is 0 Å². The number of carboxylic acid groups (broad SMARTS) is 2. The third kappa shape index (κ3) is 1.38. The quantitative estimate of drug-likeness (QED) is 0.801. The number of rotatable bonds is 1. The van der Waals surface area contributed by atoms with Crippen molar-refractivity contribution in [2.75, 3.05) is 0 Å². The Balaban J connectivity index is 2.56. The molecule has 0 spiro atoms. The smallest absolute Gasteiger partial charge is 0.364 e. The number of hydrogen-bond donors (Lipinski definition) is 2. The summed E-state index contributed by atoms with van der Waals surface area (Å²) < 4.78 is 0. The van der Waals surface area contributed by atoms with E-state index in [9.17, 15) is 19.8 Å². The normalized spacial score (nSPS) is 19.1. The molecule has 0 fully saturated rings.